The van der Waals surface area contributed by atoms with Gasteiger partial charge in [-0.15, -0.1) is 0 Å². The lowest BCUT2D eigenvalue weighted by Gasteiger charge is -2.08. The molecule has 1 heterocycles. The highest BCUT2D eigenvalue weighted by molar-refractivity contribution is 5.80. The Kier molecular flexibility index (Phi) is 5.68. The van der Waals surface area contributed by atoms with E-state index >= 15 is 0 Å². The number of methoxy groups -OCH3 is 1. The minimum absolute atomic E-state index is 0.0510. The Labute approximate surface area is 110 Å². The number of rotatable bonds is 7. The number of carbonyl (C=O) groups excluding carboxylic acids is 1. The van der Waals surface area contributed by atoms with Crippen LogP contribution in [0, 0.1) is 17.0 Å². The van der Waals surface area contributed by atoms with E-state index in [1.54, 1.807) is 14.0 Å². The summed E-state index contributed by atoms with van der Waals surface area (Å²) < 4.78 is 4.80. The monoisotopic (exact) mass is 268 g/mol. The molecule has 104 valence electrons. The van der Waals surface area contributed by atoms with Crippen molar-refractivity contribution in [1.29, 1.82) is 0 Å². The SMILES string of the molecule is COCCNC(=O)CNc1ncc([N+](=O)[O-])cc1C. The van der Waals surface area contributed by atoms with E-state index < -0.39 is 4.92 Å². The van der Waals surface area contributed by atoms with Gasteiger partial charge in [0.05, 0.1) is 18.1 Å². The van der Waals surface area contributed by atoms with E-state index in [2.05, 4.69) is 15.6 Å². The molecule has 19 heavy (non-hydrogen) atoms. The minimum atomic E-state index is -0.513. The molecule has 0 atom stereocenters. The zero-order chi connectivity index (χ0) is 14.3. The molecule has 0 saturated heterocycles. The summed E-state index contributed by atoms with van der Waals surface area (Å²) in [4.78, 5) is 25.4. The molecule has 8 nitrogen and oxygen atoms in total. The number of pyridine rings is 1. The minimum Gasteiger partial charge on any atom is -0.383 e. The number of nitro groups is 1. The van der Waals surface area contributed by atoms with E-state index in [0.717, 1.165) is 6.20 Å². The standard InChI is InChI=1S/C11H16N4O4/c1-8-5-9(15(17)18)6-13-11(8)14-7-10(16)12-3-4-19-2/h5-6H,3-4,7H2,1-2H3,(H,12,16)(H,13,14). The van der Waals surface area contributed by atoms with Gasteiger partial charge in [0.2, 0.25) is 5.91 Å². The Morgan fingerprint density at radius 3 is 2.89 bits per heavy atom. The molecular weight excluding hydrogens is 252 g/mol. The van der Waals surface area contributed by atoms with Crippen LogP contribution in [0.2, 0.25) is 0 Å². The fourth-order valence-electron chi connectivity index (χ4n) is 1.36. The second-order valence-corrected chi connectivity index (χ2v) is 3.81. The average Bonchev–Trinajstić information content (AvgIpc) is 2.37. The van der Waals surface area contributed by atoms with Gasteiger partial charge in [0.1, 0.15) is 12.0 Å². The van der Waals surface area contributed by atoms with E-state index in [9.17, 15) is 14.9 Å². The third-order valence-corrected chi connectivity index (χ3v) is 2.32. The molecule has 0 aliphatic rings. The first kappa shape index (κ1) is 14.8. The van der Waals surface area contributed by atoms with Crippen molar-refractivity contribution in [3.8, 4) is 0 Å². The van der Waals surface area contributed by atoms with Gasteiger partial charge in [-0.2, -0.15) is 0 Å². The first-order valence-corrected chi connectivity index (χ1v) is 5.65. The summed E-state index contributed by atoms with van der Waals surface area (Å²) in [5, 5.41) is 16.0. The molecule has 0 saturated carbocycles. The number of anilines is 1. The number of carbonyl (C=O) groups is 1. The molecule has 1 rings (SSSR count). The predicted octanol–water partition coefficient (Wildman–Crippen LogP) is 0.473. The Hall–Kier alpha value is -2.22. The van der Waals surface area contributed by atoms with Crippen LogP contribution >= 0.6 is 0 Å². The first-order valence-electron chi connectivity index (χ1n) is 5.65. The van der Waals surface area contributed by atoms with Crippen LogP contribution < -0.4 is 10.6 Å². The Morgan fingerprint density at radius 1 is 1.58 bits per heavy atom. The third kappa shape index (κ3) is 4.88. The summed E-state index contributed by atoms with van der Waals surface area (Å²) in [5.74, 6) is 0.254. The zero-order valence-electron chi connectivity index (χ0n) is 10.8. The molecule has 0 bridgehead atoms. The lowest BCUT2D eigenvalue weighted by Crippen LogP contribution is -2.32. The summed E-state index contributed by atoms with van der Waals surface area (Å²) in [7, 11) is 1.55. The van der Waals surface area contributed by atoms with Crippen LogP contribution in [0.5, 0.6) is 0 Å². The van der Waals surface area contributed by atoms with Crippen LogP contribution in [0.15, 0.2) is 12.3 Å². The van der Waals surface area contributed by atoms with Crippen molar-refractivity contribution in [3.05, 3.63) is 27.9 Å². The van der Waals surface area contributed by atoms with Gasteiger partial charge in [-0.1, -0.05) is 0 Å². The quantitative estimate of drug-likeness (QED) is 0.423. The van der Waals surface area contributed by atoms with E-state index in [1.807, 2.05) is 0 Å². The summed E-state index contributed by atoms with van der Waals surface area (Å²) >= 11 is 0. The molecule has 8 heteroatoms. The molecule has 1 aromatic rings. The van der Waals surface area contributed by atoms with Crippen LogP contribution in [-0.2, 0) is 9.53 Å². The normalized spacial score (nSPS) is 10.0. The molecule has 0 aliphatic carbocycles. The highest BCUT2D eigenvalue weighted by atomic mass is 16.6. The molecule has 0 unspecified atom stereocenters. The van der Waals surface area contributed by atoms with Crippen molar-refractivity contribution in [1.82, 2.24) is 10.3 Å². The highest BCUT2D eigenvalue weighted by Gasteiger charge is 2.10. The van der Waals surface area contributed by atoms with Gasteiger partial charge in [-0.05, 0) is 12.5 Å². The zero-order valence-corrected chi connectivity index (χ0v) is 10.8. The fraction of sp³-hybridized carbons (Fsp3) is 0.455. The molecule has 1 aromatic heterocycles. The van der Waals surface area contributed by atoms with Gasteiger partial charge in [-0.3, -0.25) is 14.9 Å². The summed E-state index contributed by atoms with van der Waals surface area (Å²) in [6.07, 6.45) is 1.15. The number of hydrogen-bond donors (Lipinski definition) is 2. The summed E-state index contributed by atoms with van der Waals surface area (Å²) in [5.41, 5.74) is 0.534. The topological polar surface area (TPSA) is 106 Å². The van der Waals surface area contributed by atoms with Crippen LogP contribution in [0.25, 0.3) is 0 Å². The van der Waals surface area contributed by atoms with Gasteiger partial charge in [0, 0.05) is 19.7 Å². The van der Waals surface area contributed by atoms with Crippen molar-refractivity contribution >= 4 is 17.4 Å². The smallest absolute Gasteiger partial charge is 0.287 e. The number of ether oxygens (including phenoxy) is 1. The van der Waals surface area contributed by atoms with E-state index in [1.165, 1.54) is 6.07 Å². The van der Waals surface area contributed by atoms with Gasteiger partial charge in [0.25, 0.3) is 5.69 Å². The third-order valence-electron chi connectivity index (χ3n) is 2.32. The lowest BCUT2D eigenvalue weighted by atomic mass is 10.2. The lowest BCUT2D eigenvalue weighted by molar-refractivity contribution is -0.385. The maximum atomic E-state index is 11.4. The van der Waals surface area contributed by atoms with Crippen molar-refractivity contribution in [2.24, 2.45) is 0 Å². The largest absolute Gasteiger partial charge is 0.383 e. The van der Waals surface area contributed by atoms with E-state index in [4.69, 9.17) is 4.74 Å². The predicted molar refractivity (Wildman–Crippen MR) is 69.0 cm³/mol. The maximum absolute atomic E-state index is 11.4. The summed E-state index contributed by atoms with van der Waals surface area (Å²) in [6, 6.07) is 1.40. The van der Waals surface area contributed by atoms with Crippen molar-refractivity contribution in [3.63, 3.8) is 0 Å². The molecule has 0 aliphatic heterocycles. The molecule has 2 N–H and O–H groups in total. The van der Waals surface area contributed by atoms with Crippen LogP contribution in [0.1, 0.15) is 5.56 Å². The summed E-state index contributed by atoms with van der Waals surface area (Å²) in [6.45, 7) is 2.62. The molecule has 0 radical (unpaired) electrons. The fourth-order valence-corrected chi connectivity index (χ4v) is 1.36. The number of hydrogen-bond acceptors (Lipinski definition) is 6. The molecular formula is C11H16N4O4. The van der Waals surface area contributed by atoms with Crippen LogP contribution in [0.3, 0.4) is 0 Å². The Bertz CT molecular complexity index is 464. The molecule has 0 aromatic carbocycles. The molecule has 0 fully saturated rings. The van der Waals surface area contributed by atoms with Gasteiger partial charge >= 0.3 is 0 Å². The first-order chi connectivity index (χ1) is 9.04. The van der Waals surface area contributed by atoms with Crippen molar-refractivity contribution in [2.75, 3.05) is 32.1 Å². The van der Waals surface area contributed by atoms with E-state index in [0.29, 0.717) is 24.5 Å². The van der Waals surface area contributed by atoms with Crippen LogP contribution in [-0.4, -0.2) is 42.6 Å². The number of amides is 1. The van der Waals surface area contributed by atoms with E-state index in [-0.39, 0.29) is 18.1 Å². The van der Waals surface area contributed by atoms with Gasteiger partial charge in [0.15, 0.2) is 0 Å². The number of aromatic nitrogens is 1. The van der Waals surface area contributed by atoms with Gasteiger partial charge < -0.3 is 15.4 Å². The molecule has 1 amide bonds. The molecule has 0 spiro atoms. The maximum Gasteiger partial charge on any atom is 0.287 e. The average molecular weight is 268 g/mol. The highest BCUT2D eigenvalue weighted by Crippen LogP contribution is 2.17. The number of nitrogens with one attached hydrogen (secondary N) is 2. The second kappa shape index (κ2) is 7.27. The van der Waals surface area contributed by atoms with Crippen molar-refractivity contribution in [2.45, 2.75) is 6.92 Å². The number of aryl methyl sites for hydroxylation is 1. The number of nitrogens with zero attached hydrogens (tertiary/aromatic N) is 2. The van der Waals surface area contributed by atoms with Gasteiger partial charge in [-0.25, -0.2) is 4.98 Å². The Morgan fingerprint density at radius 2 is 2.32 bits per heavy atom. The van der Waals surface area contributed by atoms with Crippen molar-refractivity contribution < 1.29 is 14.5 Å². The van der Waals surface area contributed by atoms with Crippen LogP contribution in [0.4, 0.5) is 11.5 Å². The Balaban J connectivity index is 2.49. The second-order valence-electron chi connectivity index (χ2n) is 3.81.